The summed E-state index contributed by atoms with van der Waals surface area (Å²) < 4.78 is 15.8. The van der Waals surface area contributed by atoms with E-state index in [0.29, 0.717) is 29.2 Å². The molecule has 0 spiro atoms. The van der Waals surface area contributed by atoms with Gasteiger partial charge in [-0.15, -0.1) is 0 Å². The molecule has 0 atom stereocenters. The second-order valence-electron chi connectivity index (χ2n) is 6.03. The zero-order chi connectivity index (χ0) is 19.8. The number of carbonyl (C=O) groups excluding carboxylic acids is 2. The van der Waals surface area contributed by atoms with E-state index in [4.69, 9.17) is 14.2 Å². The van der Waals surface area contributed by atoms with Gasteiger partial charge in [0.05, 0.1) is 12.7 Å². The van der Waals surface area contributed by atoms with Gasteiger partial charge in [0.15, 0.2) is 12.4 Å². The van der Waals surface area contributed by atoms with Crippen LogP contribution in [0.5, 0.6) is 11.5 Å². The third kappa shape index (κ3) is 5.20. The van der Waals surface area contributed by atoms with Gasteiger partial charge in [-0.3, -0.25) is 4.79 Å². The number of benzene rings is 3. The first-order valence-corrected chi connectivity index (χ1v) is 8.77. The SMILES string of the molecule is COc1ccc(C(=O)OCC(=O)c2ccc(OCc3ccccc3)cc2)cc1. The van der Waals surface area contributed by atoms with Gasteiger partial charge in [-0.05, 0) is 54.1 Å². The predicted octanol–water partition coefficient (Wildman–Crippen LogP) is 4.31. The van der Waals surface area contributed by atoms with Gasteiger partial charge < -0.3 is 14.2 Å². The van der Waals surface area contributed by atoms with E-state index < -0.39 is 5.97 Å². The van der Waals surface area contributed by atoms with Crippen molar-refractivity contribution in [1.82, 2.24) is 0 Å². The topological polar surface area (TPSA) is 61.8 Å². The highest BCUT2D eigenvalue weighted by Crippen LogP contribution is 2.15. The van der Waals surface area contributed by atoms with E-state index in [9.17, 15) is 9.59 Å². The monoisotopic (exact) mass is 376 g/mol. The van der Waals surface area contributed by atoms with Crippen molar-refractivity contribution in [3.8, 4) is 11.5 Å². The Morgan fingerprint density at radius 3 is 2.00 bits per heavy atom. The molecular weight excluding hydrogens is 356 g/mol. The van der Waals surface area contributed by atoms with E-state index in [-0.39, 0.29) is 12.4 Å². The molecule has 3 rings (SSSR count). The summed E-state index contributed by atoms with van der Waals surface area (Å²) in [5, 5.41) is 0. The van der Waals surface area contributed by atoms with Crippen LogP contribution in [-0.2, 0) is 11.3 Å². The molecule has 0 saturated carbocycles. The summed E-state index contributed by atoms with van der Waals surface area (Å²) in [6.07, 6.45) is 0. The molecule has 0 saturated heterocycles. The highest BCUT2D eigenvalue weighted by Gasteiger charge is 2.12. The van der Waals surface area contributed by atoms with Gasteiger partial charge >= 0.3 is 5.97 Å². The van der Waals surface area contributed by atoms with Crippen LogP contribution >= 0.6 is 0 Å². The number of methoxy groups -OCH3 is 1. The Kier molecular flexibility index (Phi) is 6.41. The summed E-state index contributed by atoms with van der Waals surface area (Å²) in [5.74, 6) is 0.466. The number of esters is 1. The number of rotatable bonds is 8. The van der Waals surface area contributed by atoms with Gasteiger partial charge in [0, 0.05) is 5.56 Å². The van der Waals surface area contributed by atoms with Crippen LogP contribution in [0.4, 0.5) is 0 Å². The van der Waals surface area contributed by atoms with Crippen LogP contribution in [0.3, 0.4) is 0 Å². The van der Waals surface area contributed by atoms with Gasteiger partial charge in [-0.25, -0.2) is 4.79 Å². The van der Waals surface area contributed by atoms with Crippen LogP contribution in [0.25, 0.3) is 0 Å². The van der Waals surface area contributed by atoms with Gasteiger partial charge in [0.25, 0.3) is 0 Å². The lowest BCUT2D eigenvalue weighted by molar-refractivity contribution is 0.0474. The summed E-state index contributed by atoms with van der Waals surface area (Å²) >= 11 is 0. The zero-order valence-electron chi connectivity index (χ0n) is 15.5. The number of Topliss-reactive ketones (excluding diaryl/α,β-unsaturated/α-hetero) is 1. The Hall–Kier alpha value is -3.60. The maximum Gasteiger partial charge on any atom is 0.338 e. The molecule has 0 aliphatic rings. The largest absolute Gasteiger partial charge is 0.497 e. The summed E-state index contributed by atoms with van der Waals surface area (Å²) in [4.78, 5) is 24.3. The number of ether oxygens (including phenoxy) is 3. The maximum absolute atomic E-state index is 12.2. The lowest BCUT2D eigenvalue weighted by Gasteiger charge is -2.08. The van der Waals surface area contributed by atoms with Crippen LogP contribution in [0.1, 0.15) is 26.3 Å². The second-order valence-corrected chi connectivity index (χ2v) is 6.03. The third-order valence-electron chi connectivity index (χ3n) is 4.08. The zero-order valence-corrected chi connectivity index (χ0v) is 15.5. The van der Waals surface area contributed by atoms with Crippen molar-refractivity contribution in [1.29, 1.82) is 0 Å². The molecule has 142 valence electrons. The Bertz CT molecular complexity index is 915. The quantitative estimate of drug-likeness (QED) is 0.433. The first-order chi connectivity index (χ1) is 13.7. The molecule has 0 aliphatic carbocycles. The van der Waals surface area contributed by atoms with Crippen molar-refractivity contribution in [3.05, 3.63) is 95.6 Å². The molecule has 0 unspecified atom stereocenters. The van der Waals surface area contributed by atoms with E-state index in [1.165, 1.54) is 0 Å². The van der Waals surface area contributed by atoms with Crippen LogP contribution in [0, 0.1) is 0 Å². The molecule has 0 aromatic heterocycles. The lowest BCUT2D eigenvalue weighted by Crippen LogP contribution is -2.14. The van der Waals surface area contributed by atoms with Crippen molar-refractivity contribution < 1.29 is 23.8 Å². The van der Waals surface area contributed by atoms with E-state index >= 15 is 0 Å². The average molecular weight is 376 g/mol. The van der Waals surface area contributed by atoms with Gasteiger partial charge in [0.1, 0.15) is 18.1 Å². The van der Waals surface area contributed by atoms with Crippen LogP contribution in [0.15, 0.2) is 78.9 Å². The molecule has 5 nitrogen and oxygen atoms in total. The highest BCUT2D eigenvalue weighted by atomic mass is 16.5. The molecule has 0 aliphatic heterocycles. The molecule has 3 aromatic carbocycles. The standard InChI is InChI=1S/C23H20O5/c1-26-20-11-9-19(10-12-20)23(25)28-16-22(24)18-7-13-21(14-8-18)27-15-17-5-3-2-4-6-17/h2-14H,15-16H2,1H3. The van der Waals surface area contributed by atoms with Gasteiger partial charge in [-0.2, -0.15) is 0 Å². The number of ketones is 1. The van der Waals surface area contributed by atoms with Crippen molar-refractivity contribution in [2.75, 3.05) is 13.7 Å². The molecular formula is C23H20O5. The molecule has 28 heavy (non-hydrogen) atoms. The smallest absolute Gasteiger partial charge is 0.338 e. The molecule has 5 heteroatoms. The number of carbonyl (C=O) groups is 2. The van der Waals surface area contributed by atoms with Crippen LogP contribution in [0.2, 0.25) is 0 Å². The summed E-state index contributed by atoms with van der Waals surface area (Å²) in [6.45, 7) is 0.128. The van der Waals surface area contributed by atoms with E-state index in [2.05, 4.69) is 0 Å². The Labute approximate surface area is 163 Å². The van der Waals surface area contributed by atoms with Gasteiger partial charge in [0.2, 0.25) is 0 Å². The third-order valence-corrected chi connectivity index (χ3v) is 4.08. The summed E-state index contributed by atoms with van der Waals surface area (Å²) in [5.41, 5.74) is 1.88. The fourth-order valence-corrected chi connectivity index (χ4v) is 2.50. The van der Waals surface area contributed by atoms with E-state index in [1.54, 1.807) is 55.6 Å². The van der Waals surface area contributed by atoms with Crippen LogP contribution in [-0.4, -0.2) is 25.5 Å². The molecule has 0 amide bonds. The maximum atomic E-state index is 12.2. The average Bonchev–Trinajstić information content (AvgIpc) is 2.77. The van der Waals surface area contributed by atoms with Crippen molar-refractivity contribution in [2.24, 2.45) is 0 Å². The van der Waals surface area contributed by atoms with Crippen LogP contribution < -0.4 is 9.47 Å². The molecule has 0 N–H and O–H groups in total. The fourth-order valence-electron chi connectivity index (χ4n) is 2.50. The first-order valence-electron chi connectivity index (χ1n) is 8.77. The summed E-state index contributed by atoms with van der Waals surface area (Å²) in [7, 11) is 1.55. The molecule has 3 aromatic rings. The fraction of sp³-hybridized carbons (Fsp3) is 0.130. The molecule has 0 fully saturated rings. The minimum Gasteiger partial charge on any atom is -0.497 e. The first kappa shape index (κ1) is 19.2. The highest BCUT2D eigenvalue weighted by molar-refractivity contribution is 5.99. The Morgan fingerprint density at radius 1 is 0.750 bits per heavy atom. The van der Waals surface area contributed by atoms with E-state index in [0.717, 1.165) is 5.56 Å². The Balaban J connectivity index is 1.50. The Morgan fingerprint density at radius 2 is 1.36 bits per heavy atom. The normalized spacial score (nSPS) is 10.2. The minimum absolute atomic E-state index is 0.281. The van der Waals surface area contributed by atoms with E-state index in [1.807, 2.05) is 30.3 Å². The minimum atomic E-state index is -0.557. The second kappa shape index (κ2) is 9.37. The van der Waals surface area contributed by atoms with Crippen molar-refractivity contribution in [2.45, 2.75) is 6.61 Å². The predicted molar refractivity (Wildman–Crippen MR) is 105 cm³/mol. The lowest BCUT2D eigenvalue weighted by atomic mass is 10.1. The molecule has 0 bridgehead atoms. The molecule has 0 heterocycles. The number of hydrogen-bond acceptors (Lipinski definition) is 5. The summed E-state index contributed by atoms with van der Waals surface area (Å²) in [6, 6.07) is 23.1. The van der Waals surface area contributed by atoms with Crippen molar-refractivity contribution >= 4 is 11.8 Å². The number of hydrogen-bond donors (Lipinski definition) is 0. The van der Waals surface area contributed by atoms with Crippen molar-refractivity contribution in [3.63, 3.8) is 0 Å². The van der Waals surface area contributed by atoms with Gasteiger partial charge in [-0.1, -0.05) is 30.3 Å². The molecule has 0 radical (unpaired) electrons.